The highest BCUT2D eigenvalue weighted by Crippen LogP contribution is 2.35. The molecule has 3 N–H and O–H groups in total. The summed E-state index contributed by atoms with van der Waals surface area (Å²) < 4.78 is 5.35. The van der Waals surface area contributed by atoms with Crippen LogP contribution < -0.4 is 5.73 Å². The van der Waals surface area contributed by atoms with Crippen LogP contribution in [0.4, 0.5) is 0 Å². The van der Waals surface area contributed by atoms with Gasteiger partial charge in [0.25, 0.3) is 11.8 Å². The molecule has 1 aromatic heterocycles. The number of nitrogens with one attached hydrogen (secondary N) is 1. The summed E-state index contributed by atoms with van der Waals surface area (Å²) in [5.74, 6) is -0.599. The van der Waals surface area contributed by atoms with Crippen molar-refractivity contribution in [1.29, 1.82) is 0 Å². The molecule has 2 heterocycles. The number of nitrogens with two attached hydrogens (primary N) is 1. The number of rotatable bonds is 3. The number of ether oxygens (including phenoxy) is 1. The van der Waals surface area contributed by atoms with Gasteiger partial charge in [-0.2, -0.15) is 0 Å². The number of H-pyrrole nitrogens is 1. The number of benzene rings is 3. The van der Waals surface area contributed by atoms with Gasteiger partial charge in [0.15, 0.2) is 0 Å². The van der Waals surface area contributed by atoms with E-state index in [1.807, 2.05) is 18.2 Å². The lowest BCUT2D eigenvalue weighted by Gasteiger charge is -2.26. The first-order valence-electron chi connectivity index (χ1n) is 10.1. The largest absolute Gasteiger partial charge is 0.378 e. The van der Waals surface area contributed by atoms with Crippen LogP contribution >= 0.6 is 23.2 Å². The number of carbonyl (C=O) groups is 2. The van der Waals surface area contributed by atoms with Gasteiger partial charge in [0.2, 0.25) is 0 Å². The van der Waals surface area contributed by atoms with Gasteiger partial charge < -0.3 is 20.4 Å². The highest BCUT2D eigenvalue weighted by molar-refractivity contribution is 6.35. The Morgan fingerprint density at radius 3 is 2.28 bits per heavy atom. The number of hydrogen-bond donors (Lipinski definition) is 2. The minimum absolute atomic E-state index is 0.0440. The topological polar surface area (TPSA) is 88.4 Å². The molecular weight excluding hydrogens is 449 g/mol. The van der Waals surface area contributed by atoms with E-state index >= 15 is 0 Å². The van der Waals surface area contributed by atoms with Crippen LogP contribution in [0, 0.1) is 0 Å². The van der Waals surface area contributed by atoms with Gasteiger partial charge in [0, 0.05) is 45.0 Å². The van der Waals surface area contributed by atoms with Gasteiger partial charge in [-0.3, -0.25) is 9.59 Å². The lowest BCUT2D eigenvalue weighted by Crippen LogP contribution is -2.40. The van der Waals surface area contributed by atoms with Gasteiger partial charge in [-0.25, -0.2) is 0 Å². The lowest BCUT2D eigenvalue weighted by molar-refractivity contribution is 0.0303. The van der Waals surface area contributed by atoms with Crippen molar-refractivity contribution in [2.75, 3.05) is 26.3 Å². The zero-order chi connectivity index (χ0) is 22.4. The molecule has 0 spiro atoms. The van der Waals surface area contributed by atoms with Crippen LogP contribution in [0.3, 0.4) is 0 Å². The molecule has 0 radical (unpaired) electrons. The van der Waals surface area contributed by atoms with Gasteiger partial charge >= 0.3 is 0 Å². The van der Waals surface area contributed by atoms with Gasteiger partial charge in [-0.1, -0.05) is 23.2 Å². The third-order valence-corrected chi connectivity index (χ3v) is 6.15. The zero-order valence-corrected chi connectivity index (χ0v) is 18.5. The maximum atomic E-state index is 13.0. The van der Waals surface area contributed by atoms with Gasteiger partial charge in [0.1, 0.15) is 0 Å². The Kier molecular flexibility index (Phi) is 5.29. The van der Waals surface area contributed by atoms with E-state index in [4.69, 9.17) is 33.7 Å². The number of aromatic nitrogens is 1. The van der Waals surface area contributed by atoms with Crippen molar-refractivity contribution in [2.24, 2.45) is 5.73 Å². The van der Waals surface area contributed by atoms with Crippen molar-refractivity contribution in [2.45, 2.75) is 0 Å². The quantitative estimate of drug-likeness (QED) is 0.450. The second-order valence-corrected chi connectivity index (χ2v) is 8.63. The Balaban J connectivity index is 1.70. The van der Waals surface area contributed by atoms with E-state index in [9.17, 15) is 9.59 Å². The number of aromatic amines is 1. The van der Waals surface area contributed by atoms with Crippen LogP contribution in [0.15, 0.2) is 48.5 Å². The van der Waals surface area contributed by atoms with Gasteiger partial charge in [-0.15, -0.1) is 0 Å². The summed E-state index contributed by atoms with van der Waals surface area (Å²) >= 11 is 12.4. The fraction of sp³-hybridized carbons (Fsp3) is 0.167. The first-order chi connectivity index (χ1) is 15.4. The zero-order valence-electron chi connectivity index (χ0n) is 17.0. The molecule has 1 aliphatic heterocycles. The fourth-order valence-corrected chi connectivity index (χ4v) is 4.69. The van der Waals surface area contributed by atoms with Crippen LogP contribution in [-0.4, -0.2) is 48.0 Å². The number of morpholine rings is 1. The Morgan fingerprint density at radius 2 is 1.59 bits per heavy atom. The van der Waals surface area contributed by atoms with E-state index in [1.54, 1.807) is 35.2 Å². The molecule has 1 aliphatic rings. The highest BCUT2D eigenvalue weighted by Gasteiger charge is 2.20. The van der Waals surface area contributed by atoms with Crippen LogP contribution in [0.1, 0.15) is 20.7 Å². The van der Waals surface area contributed by atoms with Crippen LogP contribution in [0.25, 0.3) is 32.9 Å². The SMILES string of the molecule is NC(=O)c1cc(-c2cc(Cl)cc(Cl)c2)cc2c1[nH]c1ccc(C(=O)N3CCOCC3)cc12. The summed E-state index contributed by atoms with van der Waals surface area (Å²) in [4.78, 5) is 30.3. The van der Waals surface area contributed by atoms with E-state index in [1.165, 1.54) is 0 Å². The molecular formula is C24H19Cl2N3O3. The molecule has 162 valence electrons. The molecule has 4 aromatic rings. The fourth-order valence-electron chi connectivity index (χ4n) is 4.16. The number of primary amides is 1. The second-order valence-electron chi connectivity index (χ2n) is 7.76. The molecule has 0 saturated carbocycles. The molecule has 6 nitrogen and oxygen atoms in total. The smallest absolute Gasteiger partial charge is 0.254 e. The predicted octanol–water partition coefficient (Wildman–Crippen LogP) is 4.87. The molecule has 1 saturated heterocycles. The number of nitrogens with zero attached hydrogens (tertiary/aromatic N) is 1. The molecule has 32 heavy (non-hydrogen) atoms. The van der Waals surface area contributed by atoms with Gasteiger partial charge in [0.05, 0.1) is 24.3 Å². The monoisotopic (exact) mass is 467 g/mol. The van der Waals surface area contributed by atoms with E-state index in [0.717, 1.165) is 27.4 Å². The summed E-state index contributed by atoms with van der Waals surface area (Å²) in [5.41, 5.74) is 9.58. The summed E-state index contributed by atoms with van der Waals surface area (Å²) in [6.07, 6.45) is 0. The first-order valence-corrected chi connectivity index (χ1v) is 10.9. The number of amides is 2. The summed E-state index contributed by atoms with van der Waals surface area (Å²) in [7, 11) is 0. The molecule has 2 amide bonds. The molecule has 0 aliphatic carbocycles. The number of carbonyl (C=O) groups excluding carboxylic acids is 2. The minimum atomic E-state index is -0.554. The van der Waals surface area contributed by atoms with E-state index < -0.39 is 5.91 Å². The van der Waals surface area contributed by atoms with Crippen LogP contribution in [-0.2, 0) is 4.74 Å². The maximum absolute atomic E-state index is 13.0. The Hall–Kier alpha value is -3.06. The first kappa shape index (κ1) is 20.8. The van der Waals surface area contributed by atoms with Crippen LogP contribution in [0.5, 0.6) is 0 Å². The minimum Gasteiger partial charge on any atom is -0.378 e. The standard InChI is InChI=1S/C24H19Cl2N3O3/c25-16-7-14(8-17(26)12-16)15-10-19-18-9-13(24(31)29-3-5-32-6-4-29)1-2-21(18)28-22(19)20(11-15)23(27)30/h1-2,7-12,28H,3-6H2,(H2,27,30). The summed E-state index contributed by atoms with van der Waals surface area (Å²) in [6, 6.07) is 14.4. The number of fused-ring (bicyclic) bond motifs is 3. The van der Waals surface area contributed by atoms with Crippen LogP contribution in [0.2, 0.25) is 10.0 Å². The Labute approximate surface area is 193 Å². The van der Waals surface area contributed by atoms with E-state index in [2.05, 4.69) is 4.98 Å². The molecule has 0 unspecified atom stereocenters. The molecule has 5 rings (SSSR count). The molecule has 8 heteroatoms. The molecule has 3 aromatic carbocycles. The summed E-state index contributed by atoms with van der Waals surface area (Å²) in [5, 5.41) is 2.60. The third kappa shape index (κ3) is 3.71. The molecule has 0 bridgehead atoms. The van der Waals surface area contributed by atoms with Crippen molar-refractivity contribution < 1.29 is 14.3 Å². The highest BCUT2D eigenvalue weighted by atomic mass is 35.5. The lowest BCUT2D eigenvalue weighted by atomic mass is 9.98. The average molecular weight is 468 g/mol. The molecule has 0 atom stereocenters. The van der Waals surface area contributed by atoms with Crippen molar-refractivity contribution in [3.8, 4) is 11.1 Å². The summed E-state index contributed by atoms with van der Waals surface area (Å²) in [6.45, 7) is 2.20. The Bertz CT molecular complexity index is 1370. The van der Waals surface area contributed by atoms with Crippen molar-refractivity contribution in [1.82, 2.24) is 9.88 Å². The molecule has 1 fully saturated rings. The Morgan fingerprint density at radius 1 is 0.906 bits per heavy atom. The van der Waals surface area contributed by atoms with Crippen molar-refractivity contribution >= 4 is 56.8 Å². The predicted molar refractivity (Wildman–Crippen MR) is 127 cm³/mol. The number of halogens is 2. The van der Waals surface area contributed by atoms with E-state index in [0.29, 0.717) is 53.0 Å². The van der Waals surface area contributed by atoms with Crippen molar-refractivity contribution in [3.05, 3.63) is 69.7 Å². The third-order valence-electron chi connectivity index (χ3n) is 5.71. The normalized spacial score (nSPS) is 14.2. The van der Waals surface area contributed by atoms with E-state index in [-0.39, 0.29) is 5.91 Å². The van der Waals surface area contributed by atoms with Gasteiger partial charge in [-0.05, 0) is 59.7 Å². The second kappa shape index (κ2) is 8.13. The van der Waals surface area contributed by atoms with Crippen molar-refractivity contribution in [3.63, 3.8) is 0 Å². The number of hydrogen-bond acceptors (Lipinski definition) is 3. The maximum Gasteiger partial charge on any atom is 0.254 e. The average Bonchev–Trinajstić information content (AvgIpc) is 3.15.